The Hall–Kier alpha value is -1.69. The Morgan fingerprint density at radius 2 is 2.17 bits per heavy atom. The van der Waals surface area contributed by atoms with E-state index in [1.807, 2.05) is 16.5 Å². The van der Waals surface area contributed by atoms with Gasteiger partial charge in [-0.15, -0.1) is 11.3 Å². The molecule has 0 aromatic carbocycles. The minimum absolute atomic E-state index is 0.151. The first kappa shape index (κ1) is 14.9. The number of carbonyl (C=O) groups is 1. The van der Waals surface area contributed by atoms with E-state index < -0.39 is 0 Å². The van der Waals surface area contributed by atoms with Crippen LogP contribution in [0.2, 0.25) is 0 Å². The van der Waals surface area contributed by atoms with Crippen molar-refractivity contribution in [3.8, 4) is 0 Å². The highest BCUT2D eigenvalue weighted by atomic mass is 32.1. The van der Waals surface area contributed by atoms with Gasteiger partial charge in [-0.2, -0.15) is 5.10 Å². The van der Waals surface area contributed by atoms with Crippen LogP contribution in [0.25, 0.3) is 0 Å². The summed E-state index contributed by atoms with van der Waals surface area (Å²) in [6.07, 6.45) is 6.36. The lowest BCUT2D eigenvalue weighted by molar-refractivity contribution is 0.0725. The number of aromatic nitrogens is 3. The standard InChI is InChI=1S/C17H22N4OS/c1-11-8-12(2)21(19-11)10-14-4-3-7-20(14)17(22)15-9-18-16(23-15)13-5-6-13/h8-9,13-14H,3-7,10H2,1-2H3/t14-/m1/s1. The van der Waals surface area contributed by atoms with Crippen molar-refractivity contribution in [2.75, 3.05) is 6.54 Å². The molecule has 0 bridgehead atoms. The summed E-state index contributed by atoms with van der Waals surface area (Å²) in [6, 6.07) is 2.33. The van der Waals surface area contributed by atoms with Crippen LogP contribution in [0.3, 0.4) is 0 Å². The number of hydrogen-bond acceptors (Lipinski definition) is 4. The molecule has 0 radical (unpaired) electrons. The van der Waals surface area contributed by atoms with Gasteiger partial charge in [-0.05, 0) is 45.6 Å². The maximum absolute atomic E-state index is 12.9. The lowest BCUT2D eigenvalue weighted by Gasteiger charge is -2.24. The molecule has 1 saturated heterocycles. The van der Waals surface area contributed by atoms with Gasteiger partial charge < -0.3 is 4.90 Å². The van der Waals surface area contributed by atoms with E-state index in [0.717, 1.165) is 47.2 Å². The molecule has 4 rings (SSSR count). The van der Waals surface area contributed by atoms with Crippen LogP contribution in [0.4, 0.5) is 0 Å². The Bertz CT molecular complexity index is 731. The molecule has 0 spiro atoms. The molecule has 122 valence electrons. The van der Waals surface area contributed by atoms with Crippen molar-refractivity contribution in [3.05, 3.63) is 33.5 Å². The average molecular weight is 330 g/mol. The summed E-state index contributed by atoms with van der Waals surface area (Å²) in [7, 11) is 0. The molecular formula is C17H22N4OS. The number of carbonyl (C=O) groups excluding carboxylic acids is 1. The second-order valence-electron chi connectivity index (χ2n) is 6.74. The highest BCUT2D eigenvalue weighted by Crippen LogP contribution is 2.42. The van der Waals surface area contributed by atoms with Crippen molar-refractivity contribution >= 4 is 17.2 Å². The van der Waals surface area contributed by atoms with Gasteiger partial charge in [-0.1, -0.05) is 0 Å². The molecule has 23 heavy (non-hydrogen) atoms. The summed E-state index contributed by atoms with van der Waals surface area (Å²) in [5.41, 5.74) is 2.20. The molecule has 3 heterocycles. The predicted octanol–water partition coefficient (Wildman–Crippen LogP) is 3.14. The SMILES string of the molecule is Cc1cc(C)n(C[C@H]2CCCN2C(=O)c2cnc(C3CC3)s2)n1. The Balaban J connectivity index is 1.49. The van der Waals surface area contributed by atoms with Crippen LogP contribution in [0.5, 0.6) is 0 Å². The minimum atomic E-state index is 0.151. The second kappa shape index (κ2) is 5.74. The zero-order chi connectivity index (χ0) is 16.0. The Morgan fingerprint density at radius 1 is 1.35 bits per heavy atom. The van der Waals surface area contributed by atoms with E-state index in [4.69, 9.17) is 0 Å². The molecule has 5 nitrogen and oxygen atoms in total. The number of rotatable bonds is 4. The summed E-state index contributed by atoms with van der Waals surface area (Å²) in [5.74, 6) is 0.768. The monoisotopic (exact) mass is 330 g/mol. The molecule has 1 saturated carbocycles. The fourth-order valence-electron chi connectivity index (χ4n) is 3.40. The number of amides is 1. The van der Waals surface area contributed by atoms with Crippen molar-refractivity contribution in [2.45, 2.75) is 58.0 Å². The van der Waals surface area contributed by atoms with Crippen LogP contribution in [0.15, 0.2) is 12.3 Å². The number of likely N-dealkylation sites (tertiary alicyclic amines) is 1. The Kier molecular flexibility index (Phi) is 3.71. The molecule has 0 N–H and O–H groups in total. The van der Waals surface area contributed by atoms with Crippen molar-refractivity contribution < 1.29 is 4.79 Å². The highest BCUT2D eigenvalue weighted by Gasteiger charge is 2.33. The smallest absolute Gasteiger partial charge is 0.265 e. The summed E-state index contributed by atoms with van der Waals surface area (Å²) in [5, 5.41) is 5.69. The van der Waals surface area contributed by atoms with Gasteiger partial charge in [0.15, 0.2) is 0 Å². The van der Waals surface area contributed by atoms with E-state index >= 15 is 0 Å². The summed E-state index contributed by atoms with van der Waals surface area (Å²) in [6.45, 7) is 5.73. The van der Waals surface area contributed by atoms with Gasteiger partial charge in [0.2, 0.25) is 0 Å². The van der Waals surface area contributed by atoms with Gasteiger partial charge in [0.25, 0.3) is 5.91 Å². The molecule has 6 heteroatoms. The molecule has 1 aliphatic heterocycles. The minimum Gasteiger partial charge on any atom is -0.333 e. The van der Waals surface area contributed by atoms with Crippen LogP contribution in [0.1, 0.15) is 57.7 Å². The Morgan fingerprint density at radius 3 is 2.87 bits per heavy atom. The molecule has 2 fully saturated rings. The largest absolute Gasteiger partial charge is 0.333 e. The van der Waals surface area contributed by atoms with Crippen LogP contribution >= 0.6 is 11.3 Å². The van der Waals surface area contributed by atoms with Crippen LogP contribution in [-0.2, 0) is 6.54 Å². The molecule has 2 aromatic heterocycles. The fourth-order valence-corrected chi connectivity index (χ4v) is 4.44. The molecule has 1 amide bonds. The van der Waals surface area contributed by atoms with Gasteiger partial charge in [0.1, 0.15) is 4.88 Å². The van der Waals surface area contributed by atoms with E-state index in [1.54, 1.807) is 17.5 Å². The summed E-state index contributed by atoms with van der Waals surface area (Å²) >= 11 is 1.59. The van der Waals surface area contributed by atoms with Crippen molar-refractivity contribution in [1.82, 2.24) is 19.7 Å². The van der Waals surface area contributed by atoms with E-state index in [1.165, 1.54) is 12.8 Å². The Labute approximate surface area is 140 Å². The normalized spacial score (nSPS) is 21.1. The van der Waals surface area contributed by atoms with Crippen molar-refractivity contribution in [1.29, 1.82) is 0 Å². The van der Waals surface area contributed by atoms with Gasteiger partial charge in [-0.3, -0.25) is 9.48 Å². The molecule has 1 atom stereocenters. The first-order valence-electron chi connectivity index (χ1n) is 8.39. The second-order valence-corrected chi connectivity index (χ2v) is 7.80. The lowest BCUT2D eigenvalue weighted by atomic mass is 10.2. The third-order valence-electron chi connectivity index (χ3n) is 4.79. The maximum Gasteiger partial charge on any atom is 0.265 e. The summed E-state index contributed by atoms with van der Waals surface area (Å²) < 4.78 is 2.04. The number of aryl methyl sites for hydroxylation is 2. The molecule has 2 aliphatic rings. The lowest BCUT2D eigenvalue weighted by Crippen LogP contribution is -2.38. The van der Waals surface area contributed by atoms with E-state index in [9.17, 15) is 4.79 Å². The van der Waals surface area contributed by atoms with Crippen molar-refractivity contribution in [3.63, 3.8) is 0 Å². The molecular weight excluding hydrogens is 308 g/mol. The van der Waals surface area contributed by atoms with E-state index in [0.29, 0.717) is 5.92 Å². The molecule has 1 aliphatic carbocycles. The predicted molar refractivity (Wildman–Crippen MR) is 89.8 cm³/mol. The van der Waals surface area contributed by atoms with Gasteiger partial charge >= 0.3 is 0 Å². The van der Waals surface area contributed by atoms with Crippen molar-refractivity contribution in [2.24, 2.45) is 0 Å². The van der Waals surface area contributed by atoms with Crippen LogP contribution in [0, 0.1) is 13.8 Å². The average Bonchev–Trinajstić information content (AvgIpc) is 2.95. The number of thiazole rings is 1. The fraction of sp³-hybridized carbons (Fsp3) is 0.588. The molecule has 2 aromatic rings. The topological polar surface area (TPSA) is 51.0 Å². The summed E-state index contributed by atoms with van der Waals surface area (Å²) in [4.78, 5) is 20.1. The first-order valence-corrected chi connectivity index (χ1v) is 9.21. The first-order chi connectivity index (χ1) is 11.1. The van der Waals surface area contributed by atoms with E-state index in [-0.39, 0.29) is 11.9 Å². The van der Waals surface area contributed by atoms with Crippen LogP contribution < -0.4 is 0 Å². The van der Waals surface area contributed by atoms with Gasteiger partial charge in [0, 0.05) is 18.2 Å². The zero-order valence-corrected chi connectivity index (χ0v) is 14.5. The quantitative estimate of drug-likeness (QED) is 0.865. The van der Waals surface area contributed by atoms with Crippen LogP contribution in [-0.4, -0.2) is 38.2 Å². The zero-order valence-electron chi connectivity index (χ0n) is 13.7. The highest BCUT2D eigenvalue weighted by molar-refractivity contribution is 7.13. The van der Waals surface area contributed by atoms with Gasteiger partial charge in [0.05, 0.1) is 29.5 Å². The third kappa shape index (κ3) is 2.92. The maximum atomic E-state index is 12.9. The van der Waals surface area contributed by atoms with E-state index in [2.05, 4.69) is 23.1 Å². The van der Waals surface area contributed by atoms with Gasteiger partial charge in [-0.25, -0.2) is 4.98 Å². The number of hydrogen-bond donors (Lipinski definition) is 0. The third-order valence-corrected chi connectivity index (χ3v) is 5.93. The molecule has 0 unspecified atom stereocenters. The number of nitrogens with zero attached hydrogens (tertiary/aromatic N) is 4.